The van der Waals surface area contributed by atoms with E-state index in [-0.39, 0.29) is 18.6 Å². The summed E-state index contributed by atoms with van der Waals surface area (Å²) < 4.78 is 12.5. The van der Waals surface area contributed by atoms with Gasteiger partial charge in [-0.05, 0) is 31.9 Å². The van der Waals surface area contributed by atoms with E-state index in [0.717, 1.165) is 16.5 Å². The summed E-state index contributed by atoms with van der Waals surface area (Å²) in [7, 11) is 3.34. The molecular formula is C24H26N6O3. The van der Waals surface area contributed by atoms with Crippen LogP contribution in [0.2, 0.25) is 0 Å². The molecule has 9 heteroatoms. The minimum absolute atomic E-state index is 0.124. The zero-order valence-corrected chi connectivity index (χ0v) is 19.3. The van der Waals surface area contributed by atoms with Gasteiger partial charge in [0.1, 0.15) is 5.69 Å². The van der Waals surface area contributed by atoms with E-state index >= 15 is 0 Å². The molecule has 3 heterocycles. The minimum atomic E-state index is -0.224. The van der Waals surface area contributed by atoms with E-state index in [4.69, 9.17) is 9.47 Å². The van der Waals surface area contributed by atoms with Crippen LogP contribution in [0.25, 0.3) is 22.6 Å². The number of aromatic nitrogens is 5. The molecule has 0 radical (unpaired) electrons. The molecule has 33 heavy (non-hydrogen) atoms. The largest absolute Gasteiger partial charge is 0.481 e. The molecule has 0 aliphatic carbocycles. The lowest BCUT2D eigenvalue weighted by Crippen LogP contribution is -2.31. The van der Waals surface area contributed by atoms with E-state index in [9.17, 15) is 4.79 Å². The molecular weight excluding hydrogens is 420 g/mol. The summed E-state index contributed by atoms with van der Waals surface area (Å²) in [6.45, 7) is 5.76. The van der Waals surface area contributed by atoms with Crippen LogP contribution in [0.5, 0.6) is 11.8 Å². The van der Waals surface area contributed by atoms with E-state index in [1.165, 1.54) is 5.56 Å². The second kappa shape index (κ2) is 9.23. The van der Waals surface area contributed by atoms with Gasteiger partial charge in [0.05, 0.1) is 18.5 Å². The summed E-state index contributed by atoms with van der Waals surface area (Å²) in [4.78, 5) is 25.7. The van der Waals surface area contributed by atoms with Gasteiger partial charge in [0, 0.05) is 25.4 Å². The summed E-state index contributed by atoms with van der Waals surface area (Å²) in [5.74, 6) is 1.02. The fourth-order valence-electron chi connectivity index (χ4n) is 3.56. The Hall–Kier alpha value is -4.01. The lowest BCUT2D eigenvalue weighted by Gasteiger charge is -2.15. The van der Waals surface area contributed by atoms with Gasteiger partial charge in [-0.15, -0.1) is 0 Å². The van der Waals surface area contributed by atoms with Gasteiger partial charge < -0.3 is 14.8 Å². The van der Waals surface area contributed by atoms with Gasteiger partial charge in [0.2, 0.25) is 11.8 Å². The summed E-state index contributed by atoms with van der Waals surface area (Å²) in [6, 6.07) is 11.4. The summed E-state index contributed by atoms with van der Waals surface area (Å²) in [5.41, 5.74) is 4.31. The highest BCUT2D eigenvalue weighted by Crippen LogP contribution is 2.30. The highest BCUT2D eigenvalue weighted by Gasteiger charge is 2.19. The van der Waals surface area contributed by atoms with Crippen molar-refractivity contribution < 1.29 is 14.3 Å². The van der Waals surface area contributed by atoms with E-state index in [1.807, 2.05) is 45.0 Å². The lowest BCUT2D eigenvalue weighted by atomic mass is 10.1. The first-order chi connectivity index (χ1) is 15.9. The lowest BCUT2D eigenvalue weighted by molar-refractivity contribution is -0.123. The number of hydrogen-bond acceptors (Lipinski definition) is 7. The number of fused-ring (bicyclic) bond motifs is 1. The Labute approximate surface area is 191 Å². The Kier molecular flexibility index (Phi) is 6.21. The van der Waals surface area contributed by atoms with Crippen LogP contribution in [0.15, 0.2) is 42.6 Å². The highest BCUT2D eigenvalue weighted by molar-refractivity contribution is 5.92. The number of amides is 1. The van der Waals surface area contributed by atoms with Crippen LogP contribution in [0.3, 0.4) is 0 Å². The van der Waals surface area contributed by atoms with Crippen molar-refractivity contribution in [2.45, 2.75) is 26.8 Å². The third-order valence-corrected chi connectivity index (χ3v) is 5.32. The van der Waals surface area contributed by atoms with Crippen LogP contribution < -0.4 is 14.8 Å². The average Bonchev–Trinajstić information content (AvgIpc) is 3.15. The predicted molar refractivity (Wildman–Crippen MR) is 124 cm³/mol. The molecule has 1 atom stereocenters. The number of ether oxygens (including phenoxy) is 2. The van der Waals surface area contributed by atoms with E-state index in [0.29, 0.717) is 28.9 Å². The van der Waals surface area contributed by atoms with Crippen LogP contribution in [0.1, 0.15) is 29.7 Å². The number of nitrogens with zero attached hydrogens (tertiary/aromatic N) is 5. The molecule has 1 amide bonds. The number of nitrogens with one attached hydrogen (secondary N) is 1. The van der Waals surface area contributed by atoms with Gasteiger partial charge in [0.25, 0.3) is 5.91 Å². The van der Waals surface area contributed by atoms with Crippen molar-refractivity contribution in [3.63, 3.8) is 0 Å². The predicted octanol–water partition coefficient (Wildman–Crippen LogP) is 3.31. The number of aryl methyl sites for hydroxylation is 3. The van der Waals surface area contributed by atoms with Crippen molar-refractivity contribution in [3.05, 3.63) is 59.3 Å². The number of rotatable bonds is 7. The molecule has 0 bridgehead atoms. The second-order valence-electron chi connectivity index (χ2n) is 7.86. The number of benzene rings is 1. The summed E-state index contributed by atoms with van der Waals surface area (Å²) >= 11 is 0. The average molecular weight is 447 g/mol. The van der Waals surface area contributed by atoms with E-state index in [2.05, 4.69) is 25.4 Å². The number of hydrogen-bond donors (Lipinski definition) is 1. The van der Waals surface area contributed by atoms with Crippen molar-refractivity contribution in [3.8, 4) is 23.3 Å². The third kappa shape index (κ3) is 4.77. The van der Waals surface area contributed by atoms with Crippen LogP contribution in [-0.2, 0) is 11.8 Å². The number of pyridine rings is 1. The summed E-state index contributed by atoms with van der Waals surface area (Å²) in [6.07, 6.45) is 1.62. The molecule has 9 nitrogen and oxygen atoms in total. The zero-order valence-electron chi connectivity index (χ0n) is 19.3. The maximum Gasteiger partial charge on any atom is 0.258 e. The first-order valence-corrected chi connectivity index (χ1v) is 10.6. The van der Waals surface area contributed by atoms with Gasteiger partial charge >= 0.3 is 0 Å². The molecule has 0 saturated heterocycles. The highest BCUT2D eigenvalue weighted by atomic mass is 16.5. The molecule has 1 N–H and O–H groups in total. The standard InChI is InChI=1S/C24H26N6O3/c1-14-6-8-17(9-7-14)16(3)26-18(31)13-33-20-12-15(2)21-22(29-30(4)24(21)28-20)23-25-11-10-19(27-23)32-5/h6-12,16H,13H2,1-5H3,(H,26,31). The topological polar surface area (TPSA) is 104 Å². The first-order valence-electron chi connectivity index (χ1n) is 10.6. The monoisotopic (exact) mass is 446 g/mol. The molecule has 0 fully saturated rings. The van der Waals surface area contributed by atoms with Crippen molar-refractivity contribution in [1.29, 1.82) is 0 Å². The van der Waals surface area contributed by atoms with Gasteiger partial charge in [-0.1, -0.05) is 29.8 Å². The fraction of sp³-hybridized carbons (Fsp3) is 0.292. The fourth-order valence-corrected chi connectivity index (χ4v) is 3.56. The molecule has 0 spiro atoms. The number of carbonyl (C=O) groups excluding carboxylic acids is 1. The van der Waals surface area contributed by atoms with Crippen molar-refractivity contribution in [1.82, 2.24) is 30.0 Å². The molecule has 4 aromatic rings. The SMILES string of the molecule is COc1ccnc(-c2nn(C)c3nc(OCC(=O)NC(C)c4ccc(C)cc4)cc(C)c23)n1. The number of methoxy groups -OCH3 is 1. The van der Waals surface area contributed by atoms with Crippen molar-refractivity contribution in [2.75, 3.05) is 13.7 Å². The van der Waals surface area contributed by atoms with Crippen LogP contribution in [0, 0.1) is 13.8 Å². The van der Waals surface area contributed by atoms with Gasteiger partial charge in [-0.2, -0.15) is 15.1 Å². The first kappa shape index (κ1) is 22.2. The molecule has 1 aromatic carbocycles. The summed E-state index contributed by atoms with van der Waals surface area (Å²) in [5, 5.41) is 8.31. The quantitative estimate of drug-likeness (QED) is 0.464. The second-order valence-corrected chi connectivity index (χ2v) is 7.86. The Morgan fingerprint density at radius 3 is 2.61 bits per heavy atom. The minimum Gasteiger partial charge on any atom is -0.481 e. The van der Waals surface area contributed by atoms with Gasteiger partial charge in [-0.3, -0.25) is 4.79 Å². The molecule has 1 unspecified atom stereocenters. The number of carbonyl (C=O) groups is 1. The zero-order chi connectivity index (χ0) is 23.5. The molecule has 0 aliphatic rings. The molecule has 0 saturated carbocycles. The van der Waals surface area contributed by atoms with Crippen LogP contribution >= 0.6 is 0 Å². The third-order valence-electron chi connectivity index (χ3n) is 5.32. The smallest absolute Gasteiger partial charge is 0.258 e. The Morgan fingerprint density at radius 1 is 1.12 bits per heavy atom. The normalized spacial score (nSPS) is 11.9. The molecule has 0 aliphatic heterocycles. The Morgan fingerprint density at radius 2 is 1.88 bits per heavy atom. The maximum atomic E-state index is 12.4. The van der Waals surface area contributed by atoms with Crippen molar-refractivity contribution >= 4 is 16.9 Å². The van der Waals surface area contributed by atoms with Crippen molar-refractivity contribution in [2.24, 2.45) is 7.05 Å². The van der Waals surface area contributed by atoms with E-state index in [1.54, 1.807) is 37.2 Å². The van der Waals surface area contributed by atoms with E-state index < -0.39 is 0 Å². The molecule has 170 valence electrons. The Bertz CT molecular complexity index is 1300. The Balaban J connectivity index is 1.50. The van der Waals surface area contributed by atoms with Gasteiger partial charge in [0.15, 0.2) is 18.1 Å². The van der Waals surface area contributed by atoms with Gasteiger partial charge in [-0.25, -0.2) is 9.67 Å². The van der Waals surface area contributed by atoms with Crippen LogP contribution in [0.4, 0.5) is 0 Å². The molecule has 3 aromatic heterocycles. The molecule has 4 rings (SSSR count). The van der Waals surface area contributed by atoms with Crippen LogP contribution in [-0.4, -0.2) is 44.4 Å². The maximum absolute atomic E-state index is 12.4.